The van der Waals surface area contributed by atoms with Gasteiger partial charge in [0.1, 0.15) is 0 Å². The van der Waals surface area contributed by atoms with E-state index in [1.165, 1.54) is 0 Å². The normalized spacial score (nSPS) is 10.7. The lowest BCUT2D eigenvalue weighted by molar-refractivity contribution is 1.27. The molecule has 3 rings (SSSR count). The van der Waals surface area contributed by atoms with Gasteiger partial charge in [-0.3, -0.25) is 4.98 Å². The van der Waals surface area contributed by atoms with Gasteiger partial charge in [0.25, 0.3) is 0 Å². The van der Waals surface area contributed by atoms with Gasteiger partial charge in [0.15, 0.2) is 0 Å². The van der Waals surface area contributed by atoms with Gasteiger partial charge in [-0.05, 0) is 23.8 Å². The van der Waals surface area contributed by atoms with Crippen LogP contribution in [0.1, 0.15) is 5.56 Å². The molecule has 0 spiro atoms. The third kappa shape index (κ3) is 1.24. The summed E-state index contributed by atoms with van der Waals surface area (Å²) in [4.78, 5) is 7.45. The van der Waals surface area contributed by atoms with Gasteiger partial charge in [0, 0.05) is 34.2 Å². The Hall–Kier alpha value is -2.34. The largest absolute Gasteiger partial charge is 0.354 e. The molecule has 0 radical (unpaired) electrons. The predicted octanol–water partition coefficient (Wildman–Crippen LogP) is 2.78. The Balaban J connectivity index is 2.36. The fraction of sp³-hybridized carbons (Fsp3) is 0.0769. The van der Waals surface area contributed by atoms with Crippen LogP contribution in [0.2, 0.25) is 0 Å². The lowest BCUT2D eigenvalue weighted by Gasteiger charge is -1.95. The van der Waals surface area contributed by atoms with Gasteiger partial charge in [0.05, 0.1) is 12.5 Å². The molecule has 0 atom stereocenters. The van der Waals surface area contributed by atoms with Crippen molar-refractivity contribution in [1.29, 1.82) is 5.26 Å². The minimum atomic E-state index is 0.447. The molecule has 16 heavy (non-hydrogen) atoms. The Morgan fingerprint density at radius 1 is 1.19 bits per heavy atom. The summed E-state index contributed by atoms with van der Waals surface area (Å²) >= 11 is 0. The van der Waals surface area contributed by atoms with Gasteiger partial charge in [-0.2, -0.15) is 5.26 Å². The Morgan fingerprint density at radius 3 is 2.94 bits per heavy atom. The molecule has 3 nitrogen and oxygen atoms in total. The van der Waals surface area contributed by atoms with E-state index in [-0.39, 0.29) is 0 Å². The number of aromatic amines is 1. The van der Waals surface area contributed by atoms with E-state index in [0.717, 1.165) is 27.4 Å². The van der Waals surface area contributed by atoms with Crippen LogP contribution in [0.15, 0.2) is 36.7 Å². The van der Waals surface area contributed by atoms with Gasteiger partial charge in [-0.1, -0.05) is 6.07 Å². The van der Waals surface area contributed by atoms with Gasteiger partial charge in [-0.15, -0.1) is 0 Å². The maximum Gasteiger partial charge on any atom is 0.0669 e. The van der Waals surface area contributed by atoms with E-state index in [1.54, 1.807) is 6.20 Å². The second kappa shape index (κ2) is 3.35. The minimum absolute atomic E-state index is 0.447. The number of rotatable bonds is 1. The van der Waals surface area contributed by atoms with Crippen molar-refractivity contribution < 1.29 is 0 Å². The summed E-state index contributed by atoms with van der Waals surface area (Å²) in [5.41, 5.74) is 3.21. The van der Waals surface area contributed by atoms with Crippen LogP contribution < -0.4 is 0 Å². The third-order valence-electron chi connectivity index (χ3n) is 2.75. The van der Waals surface area contributed by atoms with E-state index in [9.17, 15) is 0 Å². The predicted molar refractivity (Wildman–Crippen MR) is 62.9 cm³/mol. The van der Waals surface area contributed by atoms with Crippen LogP contribution in [-0.2, 0) is 6.42 Å². The highest BCUT2D eigenvalue weighted by Crippen LogP contribution is 2.25. The highest BCUT2D eigenvalue weighted by molar-refractivity contribution is 6.06. The van der Waals surface area contributed by atoms with Crippen molar-refractivity contribution >= 4 is 21.8 Å². The van der Waals surface area contributed by atoms with Crippen molar-refractivity contribution in [3.63, 3.8) is 0 Å². The third-order valence-corrected chi connectivity index (χ3v) is 2.75. The topological polar surface area (TPSA) is 52.5 Å². The molecule has 1 N–H and O–H groups in total. The van der Waals surface area contributed by atoms with Gasteiger partial charge >= 0.3 is 0 Å². The summed E-state index contributed by atoms with van der Waals surface area (Å²) in [6.45, 7) is 0. The second-order valence-corrected chi connectivity index (χ2v) is 3.76. The molecule has 3 heteroatoms. The number of nitrogens with zero attached hydrogens (tertiary/aromatic N) is 2. The zero-order valence-corrected chi connectivity index (χ0v) is 8.57. The fourth-order valence-electron chi connectivity index (χ4n) is 1.99. The van der Waals surface area contributed by atoms with Crippen LogP contribution in [-0.4, -0.2) is 9.97 Å². The molecular formula is C13H9N3. The molecule has 3 aromatic rings. The van der Waals surface area contributed by atoms with E-state index in [1.807, 2.05) is 24.4 Å². The van der Waals surface area contributed by atoms with Crippen LogP contribution in [0.25, 0.3) is 21.8 Å². The van der Waals surface area contributed by atoms with Crippen molar-refractivity contribution in [3.05, 3.63) is 42.2 Å². The number of H-pyrrole nitrogens is 1. The molecule has 0 unspecified atom stereocenters. The monoisotopic (exact) mass is 207 g/mol. The average Bonchev–Trinajstić information content (AvgIpc) is 2.68. The highest BCUT2D eigenvalue weighted by atomic mass is 14.7. The molecule has 0 aliphatic carbocycles. The fourth-order valence-corrected chi connectivity index (χ4v) is 1.99. The van der Waals surface area contributed by atoms with Crippen LogP contribution >= 0.6 is 0 Å². The SMILES string of the molecule is N#CCc1ccc2[nH]c3ccncc3c2c1. The molecule has 0 bridgehead atoms. The molecule has 0 saturated carbocycles. The van der Waals surface area contributed by atoms with Crippen LogP contribution in [0.3, 0.4) is 0 Å². The molecule has 0 amide bonds. The minimum Gasteiger partial charge on any atom is -0.354 e. The molecule has 0 fully saturated rings. The second-order valence-electron chi connectivity index (χ2n) is 3.76. The van der Waals surface area contributed by atoms with Crippen LogP contribution in [0.5, 0.6) is 0 Å². The first-order valence-corrected chi connectivity index (χ1v) is 5.10. The smallest absolute Gasteiger partial charge is 0.0669 e. The molecule has 0 aliphatic heterocycles. The maximum atomic E-state index is 8.69. The van der Waals surface area contributed by atoms with Crippen molar-refractivity contribution in [3.8, 4) is 6.07 Å². The van der Waals surface area contributed by atoms with Crippen molar-refractivity contribution in [2.75, 3.05) is 0 Å². The number of nitriles is 1. The van der Waals surface area contributed by atoms with E-state index >= 15 is 0 Å². The number of pyridine rings is 1. The summed E-state index contributed by atoms with van der Waals surface area (Å²) in [6, 6.07) is 10.2. The lowest BCUT2D eigenvalue weighted by Crippen LogP contribution is -1.80. The van der Waals surface area contributed by atoms with Gasteiger partial charge in [-0.25, -0.2) is 0 Å². The zero-order chi connectivity index (χ0) is 11.0. The van der Waals surface area contributed by atoms with Crippen LogP contribution in [0, 0.1) is 11.3 Å². The first kappa shape index (κ1) is 8.93. The summed E-state index contributed by atoms with van der Waals surface area (Å²) < 4.78 is 0. The maximum absolute atomic E-state index is 8.69. The van der Waals surface area contributed by atoms with Gasteiger partial charge in [0.2, 0.25) is 0 Å². The van der Waals surface area contributed by atoms with Crippen molar-refractivity contribution in [2.24, 2.45) is 0 Å². The number of hydrogen-bond acceptors (Lipinski definition) is 2. The van der Waals surface area contributed by atoms with E-state index < -0.39 is 0 Å². The Labute approximate surface area is 92.3 Å². The molecule has 0 aliphatic rings. The molecule has 0 saturated heterocycles. The Kier molecular flexibility index (Phi) is 1.87. The molecular weight excluding hydrogens is 198 g/mol. The number of aromatic nitrogens is 2. The molecule has 2 aromatic heterocycles. The quantitative estimate of drug-likeness (QED) is 0.667. The summed E-state index contributed by atoms with van der Waals surface area (Å²) in [6.07, 6.45) is 4.07. The number of hydrogen-bond donors (Lipinski definition) is 1. The first-order valence-electron chi connectivity index (χ1n) is 5.10. The molecule has 1 aromatic carbocycles. The summed E-state index contributed by atoms with van der Waals surface area (Å²) in [5, 5.41) is 10.9. The number of fused-ring (bicyclic) bond motifs is 3. The molecule has 2 heterocycles. The van der Waals surface area contributed by atoms with E-state index in [0.29, 0.717) is 6.42 Å². The molecule has 76 valence electrons. The van der Waals surface area contributed by atoms with E-state index in [4.69, 9.17) is 5.26 Å². The van der Waals surface area contributed by atoms with Gasteiger partial charge < -0.3 is 4.98 Å². The highest BCUT2D eigenvalue weighted by Gasteiger charge is 2.04. The number of benzene rings is 1. The first-order chi connectivity index (χ1) is 7.88. The average molecular weight is 207 g/mol. The summed E-state index contributed by atoms with van der Waals surface area (Å²) in [7, 11) is 0. The van der Waals surface area contributed by atoms with Crippen LogP contribution in [0.4, 0.5) is 0 Å². The lowest BCUT2D eigenvalue weighted by atomic mass is 10.1. The van der Waals surface area contributed by atoms with Crippen molar-refractivity contribution in [1.82, 2.24) is 9.97 Å². The summed E-state index contributed by atoms with van der Waals surface area (Å²) in [5.74, 6) is 0. The number of nitrogens with one attached hydrogen (secondary N) is 1. The standard InChI is InChI=1S/C13H9N3/c14-5-3-9-1-2-12-10(7-9)11-8-15-6-4-13(11)16-12/h1-2,4,6-8,16H,3H2. The Morgan fingerprint density at radius 2 is 2.06 bits per heavy atom. The Bertz CT molecular complexity index is 704. The van der Waals surface area contributed by atoms with Crippen molar-refractivity contribution in [2.45, 2.75) is 6.42 Å². The van der Waals surface area contributed by atoms with E-state index in [2.05, 4.69) is 22.1 Å². The zero-order valence-electron chi connectivity index (χ0n) is 8.57.